The first-order chi connectivity index (χ1) is 9.63. The Kier molecular flexibility index (Phi) is 3.98. The third-order valence-electron chi connectivity index (χ3n) is 4.00. The number of carbonyl (C=O) groups excluding carboxylic acids is 1. The topological polar surface area (TPSA) is 35.6 Å². The molecule has 3 rings (SSSR count). The molecule has 1 saturated heterocycles. The predicted molar refractivity (Wildman–Crippen MR) is 83.9 cm³/mol. The third-order valence-corrected chi connectivity index (χ3v) is 4.50. The number of nitrogens with zero attached hydrogens (tertiary/aromatic N) is 2. The molecule has 20 heavy (non-hydrogen) atoms. The van der Waals surface area contributed by atoms with Gasteiger partial charge in [-0.05, 0) is 30.5 Å². The molecule has 0 spiro atoms. The molecule has 2 fully saturated rings. The van der Waals surface area contributed by atoms with Gasteiger partial charge in [-0.1, -0.05) is 22.0 Å². The number of nitrogens with one attached hydrogen (secondary N) is 1. The highest BCUT2D eigenvalue weighted by molar-refractivity contribution is 9.10. The molecule has 1 N–H and O–H groups in total. The average molecular weight is 338 g/mol. The van der Waals surface area contributed by atoms with Crippen LogP contribution < -0.4 is 10.2 Å². The van der Waals surface area contributed by atoms with Crippen molar-refractivity contribution in [3.63, 3.8) is 0 Å². The van der Waals surface area contributed by atoms with Gasteiger partial charge in [0.1, 0.15) is 0 Å². The number of halogens is 1. The predicted octanol–water partition coefficient (Wildman–Crippen LogP) is 1.98. The minimum Gasteiger partial charge on any atom is -0.360 e. The smallest absolute Gasteiger partial charge is 0.241 e. The summed E-state index contributed by atoms with van der Waals surface area (Å²) in [6.45, 7) is 3.05. The third kappa shape index (κ3) is 3.15. The number of piperazine rings is 1. The van der Waals surface area contributed by atoms with Gasteiger partial charge in [-0.25, -0.2) is 0 Å². The van der Waals surface area contributed by atoms with E-state index in [2.05, 4.69) is 44.3 Å². The van der Waals surface area contributed by atoms with Gasteiger partial charge in [0.05, 0.1) is 6.54 Å². The van der Waals surface area contributed by atoms with E-state index in [9.17, 15) is 4.79 Å². The summed E-state index contributed by atoms with van der Waals surface area (Å²) in [7, 11) is 1.87. The summed E-state index contributed by atoms with van der Waals surface area (Å²) in [5.74, 6) is 0.192. The number of benzene rings is 1. The Hall–Kier alpha value is -1.07. The van der Waals surface area contributed by atoms with E-state index < -0.39 is 0 Å². The molecule has 1 aromatic carbocycles. The second-order valence-corrected chi connectivity index (χ2v) is 6.58. The number of anilines is 1. The van der Waals surface area contributed by atoms with Gasteiger partial charge in [0.15, 0.2) is 0 Å². The van der Waals surface area contributed by atoms with Crippen LogP contribution >= 0.6 is 15.9 Å². The van der Waals surface area contributed by atoms with Crippen LogP contribution in [-0.4, -0.2) is 43.5 Å². The number of carbonyl (C=O) groups is 1. The van der Waals surface area contributed by atoms with Crippen molar-refractivity contribution in [2.24, 2.45) is 0 Å². The number of amides is 1. The molecular weight excluding hydrogens is 318 g/mol. The number of likely N-dealkylation sites (N-methyl/N-ethyl adjacent to an activating group) is 1. The van der Waals surface area contributed by atoms with Gasteiger partial charge in [0, 0.05) is 42.9 Å². The van der Waals surface area contributed by atoms with Crippen LogP contribution in [0.25, 0.3) is 0 Å². The van der Waals surface area contributed by atoms with Crippen LogP contribution in [0.5, 0.6) is 0 Å². The van der Waals surface area contributed by atoms with E-state index in [1.807, 2.05) is 7.05 Å². The Bertz CT molecular complexity index is 516. The average Bonchev–Trinajstić information content (AvgIpc) is 3.24. The second-order valence-electron chi connectivity index (χ2n) is 5.67. The van der Waals surface area contributed by atoms with Gasteiger partial charge in [-0.2, -0.15) is 0 Å². The Balaban J connectivity index is 1.78. The first kappa shape index (κ1) is 13.9. The molecule has 5 heteroatoms. The molecule has 0 atom stereocenters. The fraction of sp³-hybridized carbons (Fsp3) is 0.533. The maximum absolute atomic E-state index is 11.9. The lowest BCUT2D eigenvalue weighted by Crippen LogP contribution is -2.48. The molecule has 0 radical (unpaired) electrons. The van der Waals surface area contributed by atoms with Gasteiger partial charge in [-0.3, -0.25) is 4.79 Å². The monoisotopic (exact) mass is 337 g/mol. The first-order valence-electron chi connectivity index (χ1n) is 7.14. The summed E-state index contributed by atoms with van der Waals surface area (Å²) in [6.07, 6.45) is 2.58. The van der Waals surface area contributed by atoms with Crippen molar-refractivity contribution in [3.8, 4) is 0 Å². The lowest BCUT2D eigenvalue weighted by atomic mass is 10.1. The molecule has 1 aliphatic heterocycles. The van der Waals surface area contributed by atoms with Crippen LogP contribution in [0.4, 0.5) is 5.69 Å². The van der Waals surface area contributed by atoms with Gasteiger partial charge >= 0.3 is 0 Å². The van der Waals surface area contributed by atoms with Crippen LogP contribution in [0.2, 0.25) is 0 Å². The van der Waals surface area contributed by atoms with E-state index in [4.69, 9.17) is 0 Å². The van der Waals surface area contributed by atoms with Crippen molar-refractivity contribution in [3.05, 3.63) is 28.2 Å². The summed E-state index contributed by atoms with van der Waals surface area (Å²) >= 11 is 3.54. The van der Waals surface area contributed by atoms with Crippen LogP contribution in [0.3, 0.4) is 0 Å². The zero-order valence-electron chi connectivity index (χ0n) is 11.7. The zero-order chi connectivity index (χ0) is 14.1. The van der Waals surface area contributed by atoms with Crippen molar-refractivity contribution >= 4 is 27.5 Å². The molecular formula is C15H20BrN3O. The fourth-order valence-electron chi connectivity index (χ4n) is 2.49. The highest BCUT2D eigenvalue weighted by Gasteiger charge is 2.24. The first-order valence-corrected chi connectivity index (χ1v) is 7.93. The van der Waals surface area contributed by atoms with Gasteiger partial charge in [0.25, 0.3) is 0 Å². The SMILES string of the molecule is CN1CCN(c2cc(Br)ccc2CNC2CC2)CC1=O. The molecule has 1 aliphatic carbocycles. The number of hydrogen-bond acceptors (Lipinski definition) is 3. The fourth-order valence-corrected chi connectivity index (χ4v) is 2.84. The van der Waals surface area contributed by atoms with Crippen molar-refractivity contribution in [2.75, 3.05) is 31.6 Å². The zero-order valence-corrected chi connectivity index (χ0v) is 13.3. The highest BCUT2D eigenvalue weighted by atomic mass is 79.9. The molecule has 0 aromatic heterocycles. The Morgan fingerprint density at radius 2 is 2.15 bits per heavy atom. The Labute approximate surface area is 128 Å². The molecule has 1 amide bonds. The summed E-state index contributed by atoms with van der Waals surface area (Å²) in [5, 5.41) is 3.55. The van der Waals surface area contributed by atoms with Crippen LogP contribution in [-0.2, 0) is 11.3 Å². The molecule has 0 bridgehead atoms. The van der Waals surface area contributed by atoms with Crippen molar-refractivity contribution in [1.82, 2.24) is 10.2 Å². The van der Waals surface area contributed by atoms with Gasteiger partial charge < -0.3 is 15.1 Å². The van der Waals surface area contributed by atoms with E-state index >= 15 is 0 Å². The molecule has 1 aromatic rings. The van der Waals surface area contributed by atoms with Crippen LogP contribution in [0.15, 0.2) is 22.7 Å². The Morgan fingerprint density at radius 3 is 2.85 bits per heavy atom. The van der Waals surface area contributed by atoms with Crippen molar-refractivity contribution < 1.29 is 4.79 Å². The quantitative estimate of drug-likeness (QED) is 0.912. The van der Waals surface area contributed by atoms with E-state index in [-0.39, 0.29) is 5.91 Å². The summed E-state index contributed by atoms with van der Waals surface area (Å²) < 4.78 is 1.06. The van der Waals surface area contributed by atoms with Gasteiger partial charge in [-0.15, -0.1) is 0 Å². The Morgan fingerprint density at radius 1 is 1.35 bits per heavy atom. The van der Waals surface area contributed by atoms with Crippen LogP contribution in [0, 0.1) is 0 Å². The van der Waals surface area contributed by atoms with E-state index in [0.717, 1.165) is 24.1 Å². The lowest BCUT2D eigenvalue weighted by Gasteiger charge is -2.34. The van der Waals surface area contributed by atoms with Crippen molar-refractivity contribution in [1.29, 1.82) is 0 Å². The molecule has 4 nitrogen and oxygen atoms in total. The summed E-state index contributed by atoms with van der Waals surface area (Å²) in [6, 6.07) is 7.05. The maximum Gasteiger partial charge on any atom is 0.241 e. The number of hydrogen-bond donors (Lipinski definition) is 1. The minimum absolute atomic E-state index is 0.192. The van der Waals surface area contributed by atoms with E-state index in [1.165, 1.54) is 24.1 Å². The molecule has 0 unspecified atom stereocenters. The van der Waals surface area contributed by atoms with E-state index in [0.29, 0.717) is 12.6 Å². The molecule has 1 heterocycles. The largest absolute Gasteiger partial charge is 0.360 e. The molecule has 2 aliphatic rings. The van der Waals surface area contributed by atoms with Crippen molar-refractivity contribution in [2.45, 2.75) is 25.4 Å². The normalized spacial score (nSPS) is 19.6. The summed E-state index contributed by atoms with van der Waals surface area (Å²) in [5.41, 5.74) is 2.45. The molecule has 1 saturated carbocycles. The minimum atomic E-state index is 0.192. The molecule has 108 valence electrons. The summed E-state index contributed by atoms with van der Waals surface area (Å²) in [4.78, 5) is 15.9. The number of rotatable bonds is 4. The van der Waals surface area contributed by atoms with Crippen LogP contribution in [0.1, 0.15) is 18.4 Å². The standard InChI is InChI=1S/C15H20BrN3O/c1-18-6-7-19(10-15(18)20)14-8-12(16)3-2-11(14)9-17-13-4-5-13/h2-3,8,13,17H,4-7,9-10H2,1H3. The maximum atomic E-state index is 11.9. The van der Waals surface area contributed by atoms with Gasteiger partial charge in [0.2, 0.25) is 5.91 Å². The lowest BCUT2D eigenvalue weighted by molar-refractivity contribution is -0.129. The highest BCUT2D eigenvalue weighted by Crippen LogP contribution is 2.27. The van der Waals surface area contributed by atoms with E-state index in [1.54, 1.807) is 4.90 Å². The second kappa shape index (κ2) is 5.74.